The van der Waals surface area contributed by atoms with Crippen LogP contribution in [0.25, 0.3) is 0 Å². The van der Waals surface area contributed by atoms with E-state index in [1.165, 1.54) is 5.56 Å². The fourth-order valence-electron chi connectivity index (χ4n) is 2.67. The van der Waals surface area contributed by atoms with E-state index in [-0.39, 0.29) is 0 Å². The van der Waals surface area contributed by atoms with Crippen molar-refractivity contribution in [3.8, 4) is 0 Å². The van der Waals surface area contributed by atoms with Gasteiger partial charge in [-0.2, -0.15) is 0 Å². The number of benzene rings is 1. The molecule has 1 fully saturated rings. The van der Waals surface area contributed by atoms with Gasteiger partial charge in [-0.05, 0) is 25.5 Å². The molecule has 1 N–H and O–H groups in total. The van der Waals surface area contributed by atoms with Crippen LogP contribution in [-0.2, 0) is 16.1 Å². The Hall–Kier alpha value is -1.39. The van der Waals surface area contributed by atoms with Crippen molar-refractivity contribution in [3.63, 3.8) is 0 Å². The number of carboxylic acids is 1. The van der Waals surface area contributed by atoms with Gasteiger partial charge in [0, 0.05) is 26.3 Å². The normalized spacial score (nSPS) is 18.4. The molecule has 0 aromatic heterocycles. The number of carboxylic acid groups (broad SMARTS) is 1. The summed E-state index contributed by atoms with van der Waals surface area (Å²) in [5.74, 6) is -0.698. The van der Waals surface area contributed by atoms with Crippen molar-refractivity contribution in [2.75, 3.05) is 26.8 Å². The van der Waals surface area contributed by atoms with Gasteiger partial charge in [0.15, 0.2) is 0 Å². The van der Waals surface area contributed by atoms with E-state index in [1.807, 2.05) is 25.2 Å². The molecule has 0 bridgehead atoms. The fraction of sp³-hybridized carbons (Fsp3) is 0.533. The van der Waals surface area contributed by atoms with Crippen molar-refractivity contribution in [2.24, 2.45) is 5.41 Å². The van der Waals surface area contributed by atoms with Gasteiger partial charge in [-0.15, -0.1) is 0 Å². The summed E-state index contributed by atoms with van der Waals surface area (Å²) < 4.78 is 5.29. The van der Waals surface area contributed by atoms with Crippen molar-refractivity contribution in [2.45, 2.75) is 19.4 Å². The Bertz CT molecular complexity index is 413. The minimum atomic E-state index is -0.698. The maximum Gasteiger partial charge on any atom is 0.311 e. The Morgan fingerprint density at radius 2 is 1.95 bits per heavy atom. The smallest absolute Gasteiger partial charge is 0.311 e. The van der Waals surface area contributed by atoms with Crippen molar-refractivity contribution >= 4 is 5.97 Å². The molecule has 1 aliphatic rings. The molecule has 104 valence electrons. The van der Waals surface area contributed by atoms with Crippen LogP contribution >= 0.6 is 0 Å². The van der Waals surface area contributed by atoms with Crippen molar-refractivity contribution < 1.29 is 14.6 Å². The highest BCUT2D eigenvalue weighted by Gasteiger charge is 2.40. The topological polar surface area (TPSA) is 49.8 Å². The lowest BCUT2D eigenvalue weighted by molar-refractivity contribution is -0.156. The molecule has 0 saturated carbocycles. The van der Waals surface area contributed by atoms with Crippen LogP contribution in [0.4, 0.5) is 0 Å². The van der Waals surface area contributed by atoms with Crippen LogP contribution in [0.3, 0.4) is 0 Å². The quantitative estimate of drug-likeness (QED) is 0.882. The third-order valence-electron chi connectivity index (χ3n) is 3.77. The van der Waals surface area contributed by atoms with E-state index in [9.17, 15) is 9.90 Å². The summed E-state index contributed by atoms with van der Waals surface area (Å²) in [7, 11) is 1.98. The number of rotatable bonds is 5. The first kappa shape index (κ1) is 14.0. The highest BCUT2D eigenvalue weighted by Crippen LogP contribution is 2.32. The first-order valence-electron chi connectivity index (χ1n) is 6.66. The predicted octanol–water partition coefficient (Wildman–Crippen LogP) is 2.00. The molecule has 0 spiro atoms. The molecule has 0 aliphatic carbocycles. The molecule has 0 amide bonds. The molecule has 0 atom stereocenters. The van der Waals surface area contributed by atoms with E-state index >= 15 is 0 Å². The third-order valence-corrected chi connectivity index (χ3v) is 3.77. The zero-order valence-corrected chi connectivity index (χ0v) is 11.3. The molecule has 4 nitrogen and oxygen atoms in total. The first-order valence-corrected chi connectivity index (χ1v) is 6.66. The Kier molecular flexibility index (Phi) is 4.56. The van der Waals surface area contributed by atoms with E-state index < -0.39 is 11.4 Å². The zero-order valence-electron chi connectivity index (χ0n) is 11.3. The SMILES string of the molecule is CN(Cc1ccccc1)CC1(C(=O)O)CCOCC1. The predicted molar refractivity (Wildman–Crippen MR) is 72.9 cm³/mol. The average Bonchev–Trinajstić information content (AvgIpc) is 2.40. The van der Waals surface area contributed by atoms with Crippen LogP contribution in [0.1, 0.15) is 18.4 Å². The summed E-state index contributed by atoms with van der Waals surface area (Å²) in [6.07, 6.45) is 1.20. The van der Waals surface area contributed by atoms with Gasteiger partial charge in [0.05, 0.1) is 5.41 Å². The lowest BCUT2D eigenvalue weighted by atomic mass is 9.80. The minimum absolute atomic E-state index is 0.547. The van der Waals surface area contributed by atoms with Gasteiger partial charge in [-0.1, -0.05) is 30.3 Å². The van der Waals surface area contributed by atoms with Gasteiger partial charge >= 0.3 is 5.97 Å². The molecule has 4 heteroatoms. The largest absolute Gasteiger partial charge is 0.481 e. The van der Waals surface area contributed by atoms with E-state index in [2.05, 4.69) is 17.0 Å². The van der Waals surface area contributed by atoms with Gasteiger partial charge in [-0.25, -0.2) is 0 Å². The van der Waals surface area contributed by atoms with E-state index in [1.54, 1.807) is 0 Å². The van der Waals surface area contributed by atoms with Crippen LogP contribution in [0.5, 0.6) is 0 Å². The Balaban J connectivity index is 1.99. The van der Waals surface area contributed by atoms with Crippen molar-refractivity contribution in [1.29, 1.82) is 0 Å². The Morgan fingerprint density at radius 1 is 1.32 bits per heavy atom. The van der Waals surface area contributed by atoms with Gasteiger partial charge in [0.25, 0.3) is 0 Å². The number of carbonyl (C=O) groups is 1. The minimum Gasteiger partial charge on any atom is -0.481 e. The summed E-state index contributed by atoms with van der Waals surface area (Å²) in [6.45, 7) is 2.44. The van der Waals surface area contributed by atoms with Crippen LogP contribution in [0.15, 0.2) is 30.3 Å². The summed E-state index contributed by atoms with van der Waals surface area (Å²) in [5.41, 5.74) is 0.555. The molecular weight excluding hydrogens is 242 g/mol. The van der Waals surface area contributed by atoms with Gasteiger partial charge in [-0.3, -0.25) is 4.79 Å². The number of hydrogen-bond acceptors (Lipinski definition) is 3. The molecule has 1 saturated heterocycles. The molecule has 1 aromatic carbocycles. The standard InChI is InChI=1S/C15H21NO3/c1-16(11-13-5-3-2-4-6-13)12-15(14(17)18)7-9-19-10-8-15/h2-6H,7-12H2,1H3,(H,17,18). The second-order valence-corrected chi connectivity index (χ2v) is 5.36. The summed E-state index contributed by atoms with van der Waals surface area (Å²) >= 11 is 0. The molecule has 2 rings (SSSR count). The lowest BCUT2D eigenvalue weighted by Gasteiger charge is -2.36. The molecule has 0 unspecified atom stereocenters. The molecule has 1 aromatic rings. The summed E-state index contributed by atoms with van der Waals surface area (Å²) in [6, 6.07) is 10.1. The first-order chi connectivity index (χ1) is 9.12. The molecular formula is C15H21NO3. The van der Waals surface area contributed by atoms with Gasteiger partial charge < -0.3 is 14.7 Å². The van der Waals surface area contributed by atoms with E-state index in [4.69, 9.17) is 4.74 Å². The van der Waals surface area contributed by atoms with Crippen molar-refractivity contribution in [1.82, 2.24) is 4.90 Å². The van der Waals surface area contributed by atoms with E-state index in [0.29, 0.717) is 32.6 Å². The zero-order chi connectivity index (χ0) is 13.7. The van der Waals surface area contributed by atoms with Crippen LogP contribution in [0, 0.1) is 5.41 Å². The highest BCUT2D eigenvalue weighted by molar-refractivity contribution is 5.75. The number of hydrogen-bond donors (Lipinski definition) is 1. The Morgan fingerprint density at radius 3 is 2.53 bits per heavy atom. The highest BCUT2D eigenvalue weighted by atomic mass is 16.5. The van der Waals surface area contributed by atoms with E-state index in [0.717, 1.165) is 6.54 Å². The lowest BCUT2D eigenvalue weighted by Crippen LogP contribution is -2.45. The monoisotopic (exact) mass is 263 g/mol. The second kappa shape index (κ2) is 6.17. The van der Waals surface area contributed by atoms with Gasteiger partial charge in [0.2, 0.25) is 0 Å². The molecule has 19 heavy (non-hydrogen) atoms. The summed E-state index contributed by atoms with van der Waals surface area (Å²) in [4.78, 5) is 13.7. The van der Waals surface area contributed by atoms with Crippen LogP contribution in [0.2, 0.25) is 0 Å². The molecule has 1 heterocycles. The average molecular weight is 263 g/mol. The molecule has 1 aliphatic heterocycles. The third kappa shape index (κ3) is 3.55. The van der Waals surface area contributed by atoms with Crippen LogP contribution < -0.4 is 0 Å². The maximum absolute atomic E-state index is 11.6. The van der Waals surface area contributed by atoms with Gasteiger partial charge in [0.1, 0.15) is 0 Å². The number of aliphatic carboxylic acids is 1. The Labute approximate surface area is 114 Å². The maximum atomic E-state index is 11.6. The number of nitrogens with zero attached hydrogens (tertiary/aromatic N) is 1. The molecule has 0 radical (unpaired) electrons. The summed E-state index contributed by atoms with van der Waals surface area (Å²) in [5, 5.41) is 9.52. The second-order valence-electron chi connectivity index (χ2n) is 5.36. The number of ether oxygens (including phenoxy) is 1. The van der Waals surface area contributed by atoms with Crippen molar-refractivity contribution in [3.05, 3.63) is 35.9 Å². The van der Waals surface area contributed by atoms with Crippen LogP contribution in [-0.4, -0.2) is 42.8 Å². The fourth-order valence-corrected chi connectivity index (χ4v) is 2.67.